The van der Waals surface area contributed by atoms with Gasteiger partial charge >= 0.3 is 0 Å². The van der Waals surface area contributed by atoms with E-state index in [1.165, 1.54) is 48.6 Å². The van der Waals surface area contributed by atoms with Crippen molar-refractivity contribution in [2.75, 3.05) is 13.1 Å². The molecule has 4 aromatic rings. The van der Waals surface area contributed by atoms with E-state index >= 15 is 0 Å². The van der Waals surface area contributed by atoms with Gasteiger partial charge in [-0.1, -0.05) is 105 Å². The summed E-state index contributed by atoms with van der Waals surface area (Å²) >= 11 is 1.85. The first kappa shape index (κ1) is 24.4. The summed E-state index contributed by atoms with van der Waals surface area (Å²) in [5.74, 6) is 0.436. The Morgan fingerprint density at radius 3 is 2.42 bits per heavy atom. The molecule has 0 aliphatic heterocycles. The summed E-state index contributed by atoms with van der Waals surface area (Å²) < 4.78 is 3.62. The smallest absolute Gasteiger partial charge is 0.263 e. The molecule has 0 N–H and O–H groups in total. The minimum Gasteiger partial charge on any atom is -0.300 e. The van der Waals surface area contributed by atoms with Crippen LogP contribution in [0.4, 0.5) is 0 Å². The lowest BCUT2D eigenvalue weighted by Crippen LogP contribution is -2.28. The number of para-hydroxylation sites is 1. The van der Waals surface area contributed by atoms with E-state index in [1.54, 1.807) is 0 Å². The molecule has 182 valence electrons. The number of aromatic nitrogens is 1. The largest absolute Gasteiger partial charge is 0.300 e. The third-order valence-corrected chi connectivity index (χ3v) is 8.44. The monoisotopic (exact) mass is 491 g/mol. The zero-order valence-corrected chi connectivity index (χ0v) is 22.6. The molecule has 3 heteroatoms. The molecule has 1 atom stereocenters. The first-order valence-corrected chi connectivity index (χ1v) is 13.8. The number of allylic oxidation sites excluding steroid dienone is 5. The van der Waals surface area contributed by atoms with Crippen LogP contribution in [0.25, 0.3) is 27.4 Å². The Morgan fingerprint density at radius 2 is 1.67 bits per heavy atom. The molecule has 0 bridgehead atoms. The van der Waals surface area contributed by atoms with Crippen LogP contribution in [0.3, 0.4) is 0 Å². The highest BCUT2D eigenvalue weighted by atomic mass is 32.1. The van der Waals surface area contributed by atoms with Gasteiger partial charge in [-0.15, -0.1) is 0 Å². The molecule has 0 spiro atoms. The number of thiazole rings is 1. The molecule has 36 heavy (non-hydrogen) atoms. The second-order valence-electron chi connectivity index (χ2n) is 9.56. The number of aryl methyl sites for hydroxylation is 1. The van der Waals surface area contributed by atoms with Crippen LogP contribution >= 0.6 is 11.3 Å². The van der Waals surface area contributed by atoms with Crippen molar-refractivity contribution in [3.63, 3.8) is 0 Å². The summed E-state index contributed by atoms with van der Waals surface area (Å²) in [5, 5.41) is 1.25. The summed E-state index contributed by atoms with van der Waals surface area (Å²) in [7, 11) is 2.17. The lowest BCUT2D eigenvalue weighted by atomic mass is 9.85. The van der Waals surface area contributed by atoms with Gasteiger partial charge in [0.1, 0.15) is 11.7 Å². The average molecular weight is 492 g/mol. The van der Waals surface area contributed by atoms with Crippen LogP contribution in [-0.2, 0) is 13.6 Å². The molecule has 1 unspecified atom stereocenters. The molecule has 0 radical (unpaired) electrons. The Bertz CT molecular complexity index is 1450. The van der Waals surface area contributed by atoms with Crippen molar-refractivity contribution in [2.45, 2.75) is 33.2 Å². The normalized spacial score (nSPS) is 16.8. The van der Waals surface area contributed by atoms with Gasteiger partial charge in [-0.05, 0) is 64.5 Å². The van der Waals surface area contributed by atoms with Gasteiger partial charge in [-0.25, -0.2) is 0 Å². The Labute approximate surface area is 219 Å². The molecule has 0 saturated heterocycles. The second kappa shape index (κ2) is 10.8. The van der Waals surface area contributed by atoms with Crippen molar-refractivity contribution >= 4 is 38.8 Å². The number of benzene rings is 3. The number of fused-ring (bicyclic) bond motifs is 2. The maximum atomic E-state index is 2.45. The van der Waals surface area contributed by atoms with Gasteiger partial charge in [0.05, 0.1) is 0 Å². The molecule has 1 heterocycles. The van der Waals surface area contributed by atoms with Crippen molar-refractivity contribution in [2.24, 2.45) is 7.05 Å². The number of nitrogens with zero attached hydrogens (tertiary/aromatic N) is 2. The quantitative estimate of drug-likeness (QED) is 0.239. The maximum Gasteiger partial charge on any atom is 0.263 e. The predicted molar refractivity (Wildman–Crippen MR) is 156 cm³/mol. The van der Waals surface area contributed by atoms with Gasteiger partial charge in [0.15, 0.2) is 0 Å². The molecule has 1 aliphatic carbocycles. The summed E-state index contributed by atoms with van der Waals surface area (Å²) in [6.45, 7) is 9.87. The number of rotatable bonds is 7. The minimum absolute atomic E-state index is 0.436. The molecule has 2 nitrogen and oxygen atoms in total. The third kappa shape index (κ3) is 5.00. The van der Waals surface area contributed by atoms with Crippen molar-refractivity contribution in [1.29, 1.82) is 0 Å². The van der Waals surface area contributed by atoms with Crippen LogP contribution in [0.1, 0.15) is 54.0 Å². The highest BCUT2D eigenvalue weighted by Crippen LogP contribution is 2.35. The van der Waals surface area contributed by atoms with Crippen LogP contribution in [0.2, 0.25) is 0 Å². The Kier molecular flexibility index (Phi) is 7.31. The van der Waals surface area contributed by atoms with Crippen molar-refractivity contribution in [3.05, 3.63) is 118 Å². The second-order valence-corrected chi connectivity index (χ2v) is 10.6. The van der Waals surface area contributed by atoms with E-state index < -0.39 is 0 Å². The van der Waals surface area contributed by atoms with Gasteiger partial charge in [0, 0.05) is 18.7 Å². The van der Waals surface area contributed by atoms with Crippen molar-refractivity contribution in [3.8, 4) is 0 Å². The Morgan fingerprint density at radius 1 is 0.944 bits per heavy atom. The first-order valence-electron chi connectivity index (χ1n) is 13.0. The molecule has 0 fully saturated rings. The molecule has 1 aliphatic rings. The zero-order chi connectivity index (χ0) is 25.1. The Hall–Kier alpha value is -3.27. The maximum absolute atomic E-state index is 2.45. The van der Waals surface area contributed by atoms with Crippen molar-refractivity contribution < 1.29 is 4.57 Å². The lowest BCUT2D eigenvalue weighted by molar-refractivity contribution is -0.642. The van der Waals surface area contributed by atoms with Gasteiger partial charge in [-0.3, -0.25) is 4.90 Å². The van der Waals surface area contributed by atoms with Crippen LogP contribution in [0.15, 0.2) is 91.0 Å². The molecular formula is C33H35N2S+. The van der Waals surface area contributed by atoms with E-state index in [0.717, 1.165) is 19.6 Å². The van der Waals surface area contributed by atoms with Crippen molar-refractivity contribution in [1.82, 2.24) is 4.90 Å². The minimum atomic E-state index is 0.436. The fourth-order valence-electron chi connectivity index (χ4n) is 4.99. The fourth-order valence-corrected chi connectivity index (χ4v) is 6.09. The molecule has 0 saturated carbocycles. The molecule has 1 aromatic heterocycles. The molecule has 5 rings (SSSR count). The van der Waals surface area contributed by atoms with Gasteiger partial charge in [0.2, 0.25) is 5.52 Å². The van der Waals surface area contributed by atoms with E-state index in [4.69, 9.17) is 0 Å². The predicted octanol–water partition coefficient (Wildman–Crippen LogP) is 7.87. The van der Waals surface area contributed by atoms with E-state index in [-0.39, 0.29) is 0 Å². The highest BCUT2D eigenvalue weighted by molar-refractivity contribution is 7.18. The van der Waals surface area contributed by atoms with E-state index in [0.29, 0.717) is 5.92 Å². The molecular weight excluding hydrogens is 456 g/mol. The highest BCUT2D eigenvalue weighted by Gasteiger charge is 2.18. The summed E-state index contributed by atoms with van der Waals surface area (Å²) in [6, 6.07) is 26.6. The van der Waals surface area contributed by atoms with Crippen LogP contribution in [-0.4, -0.2) is 18.0 Å². The van der Waals surface area contributed by atoms with Crippen LogP contribution < -0.4 is 4.57 Å². The first-order chi connectivity index (χ1) is 17.6. The van der Waals surface area contributed by atoms with Gasteiger partial charge in [-0.2, -0.15) is 4.57 Å². The fraction of sp³-hybridized carbons (Fsp3) is 0.242. The van der Waals surface area contributed by atoms with E-state index in [2.05, 4.69) is 134 Å². The van der Waals surface area contributed by atoms with Gasteiger partial charge in [0.25, 0.3) is 5.01 Å². The third-order valence-electron chi connectivity index (χ3n) is 7.28. The summed E-state index contributed by atoms with van der Waals surface area (Å²) in [5.41, 5.74) is 9.10. The summed E-state index contributed by atoms with van der Waals surface area (Å²) in [6.07, 6.45) is 9.33. The number of hydrogen-bond acceptors (Lipinski definition) is 2. The lowest BCUT2D eigenvalue weighted by Gasteiger charge is -2.20. The SMILES string of the molecule is CCN(CC)Cc1ccc(C(=Cc2sc3ccccc3[n+]2C)C=C2C=CC(C)c3ccccc32)cc1. The van der Waals surface area contributed by atoms with Gasteiger partial charge < -0.3 is 0 Å². The molecule has 3 aromatic carbocycles. The van der Waals surface area contributed by atoms with E-state index in [1.807, 2.05) is 11.3 Å². The Balaban J connectivity index is 1.61. The van der Waals surface area contributed by atoms with Crippen LogP contribution in [0, 0.1) is 0 Å². The average Bonchev–Trinajstić information content (AvgIpc) is 3.24. The topological polar surface area (TPSA) is 7.12 Å². The summed E-state index contributed by atoms with van der Waals surface area (Å²) in [4.78, 5) is 2.45. The van der Waals surface area contributed by atoms with Crippen LogP contribution in [0.5, 0.6) is 0 Å². The standard InChI is InChI=1S/C33H35N2S/c1-5-35(6-2)23-25-16-19-26(20-17-25)28(22-33-34(4)31-13-9-10-14-32(31)36-33)21-27-18-15-24(3)29-11-7-8-12-30(27)29/h7-22,24H,5-6,23H2,1-4H3/q+1. The number of hydrogen-bond donors (Lipinski definition) is 0. The zero-order valence-electron chi connectivity index (χ0n) is 21.7. The molecule has 0 amide bonds. The van der Waals surface area contributed by atoms with E-state index in [9.17, 15) is 0 Å².